The van der Waals surface area contributed by atoms with Crippen LogP contribution < -0.4 is 15.1 Å². The van der Waals surface area contributed by atoms with E-state index in [4.69, 9.17) is 0 Å². The fourth-order valence-electron chi connectivity index (χ4n) is 2.53. The highest BCUT2D eigenvalue weighted by molar-refractivity contribution is 7.13. The van der Waals surface area contributed by atoms with E-state index in [1.807, 2.05) is 30.9 Å². The number of nitrogens with zero attached hydrogens (tertiary/aromatic N) is 4. The van der Waals surface area contributed by atoms with Crippen LogP contribution in [0.3, 0.4) is 0 Å². The maximum Gasteiger partial charge on any atom is 0.185 e. The molecule has 0 spiro atoms. The first-order valence-electron chi connectivity index (χ1n) is 6.86. The van der Waals surface area contributed by atoms with Crippen LogP contribution in [0.1, 0.15) is 5.56 Å². The Hall–Kier alpha value is -1.66. The number of aromatic nitrogens is 2. The second-order valence-corrected chi connectivity index (χ2v) is 5.68. The Balaban J connectivity index is 1.69. The van der Waals surface area contributed by atoms with Gasteiger partial charge in [0.2, 0.25) is 0 Å². The van der Waals surface area contributed by atoms with Crippen molar-refractivity contribution in [3.05, 3.63) is 35.5 Å². The molecule has 0 amide bonds. The highest BCUT2D eigenvalue weighted by Gasteiger charge is 2.21. The van der Waals surface area contributed by atoms with Crippen LogP contribution in [0.2, 0.25) is 0 Å². The molecule has 2 aromatic rings. The third-order valence-electron chi connectivity index (χ3n) is 3.50. The molecule has 0 aliphatic carbocycles. The zero-order valence-corrected chi connectivity index (χ0v) is 12.4. The number of pyridine rings is 1. The summed E-state index contributed by atoms with van der Waals surface area (Å²) in [6, 6.07) is 4.15. The molecule has 106 valence electrons. The first-order valence-corrected chi connectivity index (χ1v) is 7.74. The zero-order chi connectivity index (χ0) is 13.8. The second-order valence-electron chi connectivity index (χ2n) is 4.81. The van der Waals surface area contributed by atoms with E-state index in [1.165, 1.54) is 5.56 Å². The molecule has 0 unspecified atom stereocenters. The van der Waals surface area contributed by atoms with Gasteiger partial charge in [0, 0.05) is 56.1 Å². The summed E-state index contributed by atoms with van der Waals surface area (Å²) in [5.74, 6) is 1.11. The Morgan fingerprint density at radius 3 is 2.65 bits per heavy atom. The Kier molecular flexibility index (Phi) is 4.13. The van der Waals surface area contributed by atoms with Gasteiger partial charge in [0.05, 0.1) is 0 Å². The van der Waals surface area contributed by atoms with E-state index >= 15 is 0 Å². The van der Waals surface area contributed by atoms with Gasteiger partial charge in [-0.3, -0.25) is 0 Å². The van der Waals surface area contributed by atoms with Crippen molar-refractivity contribution in [1.29, 1.82) is 0 Å². The van der Waals surface area contributed by atoms with Crippen LogP contribution in [0.15, 0.2) is 29.9 Å². The molecule has 1 aliphatic rings. The topological polar surface area (TPSA) is 44.3 Å². The van der Waals surface area contributed by atoms with E-state index in [0.29, 0.717) is 0 Å². The van der Waals surface area contributed by atoms with Gasteiger partial charge in [-0.1, -0.05) is 6.07 Å². The molecule has 20 heavy (non-hydrogen) atoms. The molecule has 1 fully saturated rings. The molecule has 0 radical (unpaired) electrons. The summed E-state index contributed by atoms with van der Waals surface area (Å²) in [7, 11) is 1.97. The second kappa shape index (κ2) is 6.19. The first-order chi connectivity index (χ1) is 9.88. The van der Waals surface area contributed by atoms with Crippen LogP contribution >= 0.6 is 11.3 Å². The molecule has 0 bridgehead atoms. The molecular formula is C14H19N5S. The standard InChI is InChI=1S/C14H19N5S/c1-15-11-12-3-2-4-16-13(12)18-6-8-19(9-7-18)14-17-5-10-20-14/h2-5,10,15H,6-9,11H2,1H3. The fourth-order valence-corrected chi connectivity index (χ4v) is 3.22. The Labute approximate surface area is 123 Å². The summed E-state index contributed by atoms with van der Waals surface area (Å²) in [4.78, 5) is 13.7. The molecule has 1 saturated heterocycles. The van der Waals surface area contributed by atoms with Gasteiger partial charge in [0.1, 0.15) is 5.82 Å². The van der Waals surface area contributed by atoms with E-state index in [0.717, 1.165) is 43.7 Å². The van der Waals surface area contributed by atoms with Crippen molar-refractivity contribution in [2.75, 3.05) is 43.0 Å². The number of piperazine rings is 1. The molecule has 5 nitrogen and oxygen atoms in total. The normalized spacial score (nSPS) is 15.7. The van der Waals surface area contributed by atoms with E-state index in [-0.39, 0.29) is 0 Å². The minimum absolute atomic E-state index is 0.857. The predicted octanol–water partition coefficient (Wildman–Crippen LogP) is 1.58. The van der Waals surface area contributed by atoms with E-state index in [1.54, 1.807) is 11.3 Å². The molecule has 0 atom stereocenters. The number of nitrogens with one attached hydrogen (secondary N) is 1. The summed E-state index contributed by atoms with van der Waals surface area (Å²) in [6.45, 7) is 4.85. The number of rotatable bonds is 4. The van der Waals surface area contributed by atoms with Gasteiger partial charge in [-0.25, -0.2) is 9.97 Å². The van der Waals surface area contributed by atoms with Crippen LogP contribution in [0, 0.1) is 0 Å². The van der Waals surface area contributed by atoms with Crippen molar-refractivity contribution in [3.63, 3.8) is 0 Å². The Bertz CT molecular complexity index is 534. The molecule has 0 saturated carbocycles. The molecule has 6 heteroatoms. The van der Waals surface area contributed by atoms with Crippen LogP contribution in [-0.4, -0.2) is 43.2 Å². The monoisotopic (exact) mass is 289 g/mol. The van der Waals surface area contributed by atoms with Crippen LogP contribution in [-0.2, 0) is 6.54 Å². The van der Waals surface area contributed by atoms with Gasteiger partial charge in [-0.2, -0.15) is 0 Å². The lowest BCUT2D eigenvalue weighted by Crippen LogP contribution is -2.47. The van der Waals surface area contributed by atoms with Crippen molar-refractivity contribution >= 4 is 22.3 Å². The number of hydrogen-bond acceptors (Lipinski definition) is 6. The van der Waals surface area contributed by atoms with Crippen molar-refractivity contribution in [2.45, 2.75) is 6.54 Å². The van der Waals surface area contributed by atoms with Crippen molar-refractivity contribution in [3.8, 4) is 0 Å². The van der Waals surface area contributed by atoms with Crippen molar-refractivity contribution in [2.24, 2.45) is 0 Å². The first kappa shape index (κ1) is 13.3. The molecule has 0 aromatic carbocycles. The van der Waals surface area contributed by atoms with Crippen LogP contribution in [0.4, 0.5) is 10.9 Å². The quantitative estimate of drug-likeness (QED) is 0.926. The van der Waals surface area contributed by atoms with Crippen LogP contribution in [0.25, 0.3) is 0 Å². The minimum Gasteiger partial charge on any atom is -0.353 e. The highest BCUT2D eigenvalue weighted by atomic mass is 32.1. The summed E-state index contributed by atoms with van der Waals surface area (Å²) in [6.07, 6.45) is 3.75. The average Bonchev–Trinajstić information content (AvgIpc) is 3.03. The van der Waals surface area contributed by atoms with Gasteiger partial charge in [0.15, 0.2) is 5.13 Å². The summed E-state index contributed by atoms with van der Waals surface area (Å²) < 4.78 is 0. The summed E-state index contributed by atoms with van der Waals surface area (Å²) in [5, 5.41) is 6.37. The van der Waals surface area contributed by atoms with Crippen molar-refractivity contribution in [1.82, 2.24) is 15.3 Å². The number of hydrogen-bond donors (Lipinski definition) is 1. The summed E-state index contributed by atoms with van der Waals surface area (Å²) in [5.41, 5.74) is 1.26. The third-order valence-corrected chi connectivity index (χ3v) is 4.34. The third kappa shape index (κ3) is 2.76. The molecule has 2 aromatic heterocycles. The highest BCUT2D eigenvalue weighted by Crippen LogP contribution is 2.22. The smallest absolute Gasteiger partial charge is 0.185 e. The van der Waals surface area contributed by atoms with Crippen molar-refractivity contribution < 1.29 is 0 Å². The van der Waals surface area contributed by atoms with Gasteiger partial charge in [-0.05, 0) is 13.1 Å². The average molecular weight is 289 g/mol. The van der Waals surface area contributed by atoms with E-state index in [2.05, 4.69) is 31.2 Å². The zero-order valence-electron chi connectivity index (χ0n) is 11.6. The molecule has 3 rings (SSSR count). The summed E-state index contributed by atoms with van der Waals surface area (Å²) >= 11 is 1.71. The lowest BCUT2D eigenvalue weighted by Gasteiger charge is -2.36. The fraction of sp³-hybridized carbons (Fsp3) is 0.429. The Morgan fingerprint density at radius 1 is 1.15 bits per heavy atom. The number of anilines is 2. The number of thiazole rings is 1. The van der Waals surface area contributed by atoms with Gasteiger partial charge >= 0.3 is 0 Å². The van der Waals surface area contributed by atoms with Gasteiger partial charge in [-0.15, -0.1) is 11.3 Å². The van der Waals surface area contributed by atoms with Gasteiger partial charge in [0.25, 0.3) is 0 Å². The van der Waals surface area contributed by atoms with Gasteiger partial charge < -0.3 is 15.1 Å². The predicted molar refractivity (Wildman–Crippen MR) is 83.5 cm³/mol. The molecule has 1 N–H and O–H groups in total. The largest absolute Gasteiger partial charge is 0.353 e. The molecule has 3 heterocycles. The SMILES string of the molecule is CNCc1cccnc1N1CCN(c2nccs2)CC1. The van der Waals surface area contributed by atoms with E-state index < -0.39 is 0 Å². The van der Waals surface area contributed by atoms with E-state index in [9.17, 15) is 0 Å². The lowest BCUT2D eigenvalue weighted by molar-refractivity contribution is 0.641. The maximum absolute atomic E-state index is 4.56. The maximum atomic E-state index is 4.56. The molecule has 1 aliphatic heterocycles. The lowest BCUT2D eigenvalue weighted by atomic mass is 10.2. The van der Waals surface area contributed by atoms with Crippen LogP contribution in [0.5, 0.6) is 0 Å². The molecular weight excluding hydrogens is 270 g/mol. The Morgan fingerprint density at radius 2 is 1.95 bits per heavy atom. The minimum atomic E-state index is 0.857.